The zero-order valence-electron chi connectivity index (χ0n) is 11.1. The van der Waals surface area contributed by atoms with Gasteiger partial charge in [-0.2, -0.15) is 0 Å². The predicted octanol–water partition coefficient (Wildman–Crippen LogP) is 2.02. The molecule has 0 saturated carbocycles. The minimum absolute atomic E-state index is 0.0604. The average Bonchev–Trinajstić information content (AvgIpc) is 2.30. The summed E-state index contributed by atoms with van der Waals surface area (Å²) in [5.41, 5.74) is 0. The van der Waals surface area contributed by atoms with Gasteiger partial charge in [-0.3, -0.25) is 4.79 Å². The van der Waals surface area contributed by atoms with Crippen LogP contribution in [0.25, 0.3) is 0 Å². The summed E-state index contributed by atoms with van der Waals surface area (Å²) in [6.07, 6.45) is 3.26. The van der Waals surface area contributed by atoms with Crippen molar-refractivity contribution in [2.75, 3.05) is 13.1 Å². The maximum Gasteiger partial charge on any atom is 0.239 e. The van der Waals surface area contributed by atoms with Gasteiger partial charge in [0.15, 0.2) is 0 Å². The van der Waals surface area contributed by atoms with Crippen molar-refractivity contribution in [2.24, 2.45) is 5.92 Å². The van der Waals surface area contributed by atoms with Crippen molar-refractivity contribution in [3.8, 4) is 0 Å². The molecule has 1 saturated heterocycles. The van der Waals surface area contributed by atoms with Crippen LogP contribution in [0.2, 0.25) is 0 Å². The first kappa shape index (κ1) is 13.5. The second-order valence-electron chi connectivity index (χ2n) is 4.91. The lowest BCUT2D eigenvalue weighted by molar-refractivity contribution is -0.139. The van der Waals surface area contributed by atoms with Gasteiger partial charge in [-0.05, 0) is 32.2 Å². The van der Waals surface area contributed by atoms with Crippen LogP contribution >= 0.6 is 0 Å². The lowest BCUT2D eigenvalue weighted by Crippen LogP contribution is -2.54. The lowest BCUT2D eigenvalue weighted by Gasteiger charge is -2.39. The summed E-state index contributed by atoms with van der Waals surface area (Å²) in [5, 5.41) is 3.28. The van der Waals surface area contributed by atoms with Crippen LogP contribution in [-0.4, -0.2) is 36.0 Å². The molecule has 1 rings (SSSR count). The third-order valence-corrected chi connectivity index (χ3v) is 3.88. The van der Waals surface area contributed by atoms with E-state index in [0.717, 1.165) is 32.4 Å². The lowest BCUT2D eigenvalue weighted by atomic mass is 9.95. The van der Waals surface area contributed by atoms with E-state index in [4.69, 9.17) is 0 Å². The van der Waals surface area contributed by atoms with Gasteiger partial charge >= 0.3 is 0 Å². The summed E-state index contributed by atoms with van der Waals surface area (Å²) in [6, 6.07) is 0.434. The highest BCUT2D eigenvalue weighted by Gasteiger charge is 2.32. The van der Waals surface area contributed by atoms with E-state index in [1.54, 1.807) is 0 Å². The van der Waals surface area contributed by atoms with E-state index >= 15 is 0 Å². The molecule has 0 bridgehead atoms. The number of amides is 1. The highest BCUT2D eigenvalue weighted by molar-refractivity contribution is 5.82. The number of carbonyl (C=O) groups is 1. The van der Waals surface area contributed by atoms with Crippen LogP contribution < -0.4 is 5.32 Å². The summed E-state index contributed by atoms with van der Waals surface area (Å²) < 4.78 is 0. The van der Waals surface area contributed by atoms with E-state index in [9.17, 15) is 4.79 Å². The fourth-order valence-corrected chi connectivity index (χ4v) is 2.39. The second-order valence-corrected chi connectivity index (χ2v) is 4.91. The SMILES string of the molecule is CCNC1CCCN(C(C)C(C)CC)C1=O. The molecule has 1 N–H and O–H groups in total. The minimum atomic E-state index is 0.0604. The fraction of sp³-hybridized carbons (Fsp3) is 0.923. The molecule has 0 aromatic heterocycles. The minimum Gasteiger partial charge on any atom is -0.338 e. The third-order valence-electron chi connectivity index (χ3n) is 3.88. The van der Waals surface area contributed by atoms with Gasteiger partial charge in [-0.1, -0.05) is 27.2 Å². The van der Waals surface area contributed by atoms with E-state index in [2.05, 4.69) is 37.9 Å². The Morgan fingerprint density at radius 2 is 2.12 bits per heavy atom. The van der Waals surface area contributed by atoms with Crippen molar-refractivity contribution in [2.45, 2.75) is 59.0 Å². The molecular weight excluding hydrogens is 200 g/mol. The summed E-state index contributed by atoms with van der Waals surface area (Å²) >= 11 is 0. The highest BCUT2D eigenvalue weighted by atomic mass is 16.2. The Labute approximate surface area is 99.6 Å². The first-order chi connectivity index (χ1) is 7.61. The number of hydrogen-bond donors (Lipinski definition) is 1. The van der Waals surface area contributed by atoms with Crippen LogP contribution in [-0.2, 0) is 4.79 Å². The molecule has 1 amide bonds. The van der Waals surface area contributed by atoms with Gasteiger partial charge < -0.3 is 10.2 Å². The maximum atomic E-state index is 12.2. The van der Waals surface area contributed by atoms with Gasteiger partial charge in [0.25, 0.3) is 0 Å². The molecule has 0 aliphatic carbocycles. The van der Waals surface area contributed by atoms with Crippen LogP contribution in [0, 0.1) is 5.92 Å². The van der Waals surface area contributed by atoms with Gasteiger partial charge in [0.1, 0.15) is 0 Å². The molecule has 1 aliphatic rings. The molecule has 0 spiro atoms. The number of hydrogen-bond acceptors (Lipinski definition) is 2. The number of nitrogens with one attached hydrogen (secondary N) is 1. The van der Waals surface area contributed by atoms with Crippen LogP contribution in [0.4, 0.5) is 0 Å². The Bertz CT molecular complexity index is 228. The Balaban J connectivity index is 2.62. The Morgan fingerprint density at radius 1 is 1.44 bits per heavy atom. The summed E-state index contributed by atoms with van der Waals surface area (Å²) in [7, 11) is 0. The Kier molecular flexibility index (Phi) is 5.26. The quantitative estimate of drug-likeness (QED) is 0.778. The van der Waals surface area contributed by atoms with Crippen molar-refractivity contribution >= 4 is 5.91 Å². The van der Waals surface area contributed by atoms with Crippen molar-refractivity contribution in [1.29, 1.82) is 0 Å². The molecule has 3 nitrogen and oxygen atoms in total. The summed E-state index contributed by atoms with van der Waals surface area (Å²) in [5.74, 6) is 0.894. The number of rotatable bonds is 5. The Hall–Kier alpha value is -0.570. The normalized spacial score (nSPS) is 25.6. The molecule has 1 fully saturated rings. The topological polar surface area (TPSA) is 32.3 Å². The molecule has 94 valence electrons. The van der Waals surface area contributed by atoms with Gasteiger partial charge in [-0.25, -0.2) is 0 Å². The zero-order valence-corrected chi connectivity index (χ0v) is 11.1. The van der Waals surface area contributed by atoms with Crippen molar-refractivity contribution < 1.29 is 4.79 Å². The molecule has 0 aromatic rings. The first-order valence-corrected chi connectivity index (χ1v) is 6.65. The average molecular weight is 226 g/mol. The molecule has 0 aromatic carbocycles. The third kappa shape index (κ3) is 2.97. The Morgan fingerprint density at radius 3 is 2.69 bits per heavy atom. The molecule has 3 atom stereocenters. The van der Waals surface area contributed by atoms with Crippen LogP contribution in [0.1, 0.15) is 47.0 Å². The second kappa shape index (κ2) is 6.24. The fourth-order valence-electron chi connectivity index (χ4n) is 2.39. The van der Waals surface area contributed by atoms with Crippen molar-refractivity contribution in [3.63, 3.8) is 0 Å². The van der Waals surface area contributed by atoms with Gasteiger partial charge in [0.05, 0.1) is 6.04 Å². The predicted molar refractivity (Wildman–Crippen MR) is 67.3 cm³/mol. The molecule has 1 aliphatic heterocycles. The van der Waals surface area contributed by atoms with Crippen molar-refractivity contribution in [1.82, 2.24) is 10.2 Å². The van der Waals surface area contributed by atoms with E-state index in [1.807, 2.05) is 0 Å². The number of likely N-dealkylation sites (N-methyl/N-ethyl adjacent to an activating group) is 1. The van der Waals surface area contributed by atoms with Crippen LogP contribution in [0.5, 0.6) is 0 Å². The molecule has 1 heterocycles. The highest BCUT2D eigenvalue weighted by Crippen LogP contribution is 2.20. The standard InChI is InChI=1S/C13H26N2O/c1-5-10(3)11(4)15-9-7-8-12(13(15)16)14-6-2/h10-12,14H,5-9H2,1-4H3. The van der Waals surface area contributed by atoms with E-state index in [1.165, 1.54) is 0 Å². The first-order valence-electron chi connectivity index (χ1n) is 6.65. The van der Waals surface area contributed by atoms with E-state index in [-0.39, 0.29) is 6.04 Å². The van der Waals surface area contributed by atoms with Gasteiger partial charge in [0, 0.05) is 12.6 Å². The number of likely N-dealkylation sites (tertiary alicyclic amines) is 1. The molecule has 3 heteroatoms. The largest absolute Gasteiger partial charge is 0.338 e. The molecule has 3 unspecified atom stereocenters. The molecular formula is C13H26N2O. The van der Waals surface area contributed by atoms with Crippen LogP contribution in [0.3, 0.4) is 0 Å². The van der Waals surface area contributed by atoms with E-state index in [0.29, 0.717) is 17.9 Å². The monoisotopic (exact) mass is 226 g/mol. The summed E-state index contributed by atoms with van der Waals surface area (Å²) in [4.78, 5) is 14.3. The maximum absolute atomic E-state index is 12.2. The van der Waals surface area contributed by atoms with Crippen molar-refractivity contribution in [3.05, 3.63) is 0 Å². The number of piperidine rings is 1. The van der Waals surface area contributed by atoms with Gasteiger partial charge in [0.2, 0.25) is 5.91 Å². The van der Waals surface area contributed by atoms with Gasteiger partial charge in [-0.15, -0.1) is 0 Å². The zero-order chi connectivity index (χ0) is 12.1. The van der Waals surface area contributed by atoms with E-state index < -0.39 is 0 Å². The smallest absolute Gasteiger partial charge is 0.239 e. The number of nitrogens with zero attached hydrogens (tertiary/aromatic N) is 1. The summed E-state index contributed by atoms with van der Waals surface area (Å²) in [6.45, 7) is 10.5. The van der Waals surface area contributed by atoms with Crippen LogP contribution in [0.15, 0.2) is 0 Å². The molecule has 0 radical (unpaired) electrons. The number of carbonyl (C=O) groups excluding carboxylic acids is 1. The molecule has 16 heavy (non-hydrogen) atoms.